The lowest BCUT2D eigenvalue weighted by molar-refractivity contribution is 0.0682. The summed E-state index contributed by atoms with van der Waals surface area (Å²) in [6.45, 7) is 8.43. The number of phenolic OH excluding ortho intramolecular Hbond substituents is 1. The normalized spacial score (nSPS) is 11.6. The standard InChI is InChI=1S/C57H44Cl2N4O12/c1-5-60-41-22-45-36(17-26(41)3)48(37-18-27(4)42(61-6-2)23-46(37)74-45)49-40(58)21-38(51(59)50(49)57(72)73)54(67)62-24-28-7-9-29(10-8-28)53(66)63-25-39-43(65)16-15-34-47(33-14-12-31(64)20-44(33)75-52(34)39)35-19-30(55(68)69)11-13-32(35)56(70)71/h7-23,60,64H,5-6,24-25H2,1-4H3,(H,62,67)(H,63,66)(H,68,69)(H,70,71)(H,72,73)/b61-42-. The number of hydrogen-bond acceptors (Lipinski definition) is 11. The zero-order valence-electron chi connectivity index (χ0n) is 40.4. The van der Waals surface area contributed by atoms with E-state index in [1.165, 1.54) is 60.7 Å². The van der Waals surface area contributed by atoms with Gasteiger partial charge in [-0.1, -0.05) is 35.3 Å². The molecule has 0 unspecified atom stereocenters. The Morgan fingerprint density at radius 3 is 2.04 bits per heavy atom. The summed E-state index contributed by atoms with van der Waals surface area (Å²) in [6.07, 6.45) is 0. The SMILES string of the molecule is CC/N=c1/cc2oc3cc(NCC)c(C)cc3c(-c3c(Cl)cc(C(=O)NCc4ccc(C(=O)NCc5c6oc7cc(O)ccc7c(-c7cc(C(=O)O)ccc7C(=O)O)c-6ccc5=O)cc4)c(Cl)c3C(=O)O)c-2cc1C. The Hall–Kier alpha value is -8.99. The maximum absolute atomic E-state index is 13.9. The van der Waals surface area contributed by atoms with E-state index in [-0.39, 0.29) is 95.9 Å². The number of rotatable bonds is 14. The van der Waals surface area contributed by atoms with Crippen LogP contribution in [0.3, 0.4) is 0 Å². The fraction of sp³-hybridized carbons (Fsp3) is 0.140. The minimum atomic E-state index is -1.42. The van der Waals surface area contributed by atoms with Crippen LogP contribution < -0.4 is 26.7 Å². The van der Waals surface area contributed by atoms with Gasteiger partial charge in [-0.05, 0) is 123 Å². The summed E-state index contributed by atoms with van der Waals surface area (Å²) in [7, 11) is 0. The van der Waals surface area contributed by atoms with Crippen molar-refractivity contribution in [1.29, 1.82) is 0 Å². The zero-order valence-corrected chi connectivity index (χ0v) is 41.9. The third-order valence-electron chi connectivity index (χ3n) is 12.8. The molecule has 0 aromatic heterocycles. The molecule has 0 fully saturated rings. The van der Waals surface area contributed by atoms with Crippen molar-refractivity contribution >= 4 is 80.6 Å². The van der Waals surface area contributed by atoms with Crippen LogP contribution >= 0.6 is 23.2 Å². The Labute approximate surface area is 436 Å². The summed E-state index contributed by atoms with van der Waals surface area (Å²) in [5, 5.41) is 51.1. The molecule has 18 heteroatoms. The van der Waals surface area contributed by atoms with Crippen molar-refractivity contribution in [2.75, 3.05) is 18.4 Å². The van der Waals surface area contributed by atoms with Gasteiger partial charge in [0, 0.05) is 87.7 Å². The second-order valence-electron chi connectivity index (χ2n) is 17.6. The van der Waals surface area contributed by atoms with E-state index in [2.05, 4.69) is 20.9 Å². The molecular weight excluding hydrogens is 1000 g/mol. The summed E-state index contributed by atoms with van der Waals surface area (Å²) in [5.41, 5.74) is 3.75. The number of benzene rings is 7. The summed E-state index contributed by atoms with van der Waals surface area (Å²) in [4.78, 5) is 83.2. The zero-order chi connectivity index (χ0) is 53.6. The number of amides is 2. The molecule has 2 heterocycles. The largest absolute Gasteiger partial charge is 0.508 e. The number of anilines is 1. The first kappa shape index (κ1) is 50.9. The lowest BCUT2D eigenvalue weighted by Crippen LogP contribution is -2.27. The molecule has 0 spiro atoms. The Balaban J connectivity index is 0.978. The second-order valence-corrected chi connectivity index (χ2v) is 18.3. The molecule has 0 saturated heterocycles. The van der Waals surface area contributed by atoms with Crippen LogP contribution in [0.15, 0.2) is 122 Å². The van der Waals surface area contributed by atoms with Gasteiger partial charge in [0.15, 0.2) is 5.43 Å². The molecule has 7 N–H and O–H groups in total. The molecule has 2 aliphatic carbocycles. The molecule has 0 radical (unpaired) electrons. The Kier molecular flexibility index (Phi) is 13.9. The maximum atomic E-state index is 13.9. The van der Waals surface area contributed by atoms with Gasteiger partial charge in [-0.25, -0.2) is 14.4 Å². The van der Waals surface area contributed by atoms with E-state index in [1.54, 1.807) is 18.2 Å². The molecule has 5 aromatic carbocycles. The van der Waals surface area contributed by atoms with Crippen molar-refractivity contribution in [1.82, 2.24) is 10.6 Å². The quantitative estimate of drug-likeness (QED) is 0.0501. The van der Waals surface area contributed by atoms with Gasteiger partial charge in [0.1, 0.15) is 28.4 Å². The number of carboxylic acid groups (broad SMARTS) is 3. The first-order valence-corrected chi connectivity index (χ1v) is 24.1. The molecule has 2 amide bonds. The van der Waals surface area contributed by atoms with Gasteiger partial charge in [0.05, 0.1) is 49.8 Å². The number of hydrogen-bond donors (Lipinski definition) is 7. The molecule has 378 valence electrons. The number of aromatic hydroxyl groups is 1. The summed E-state index contributed by atoms with van der Waals surface area (Å²) in [6, 6.07) is 25.2. The van der Waals surface area contributed by atoms with Crippen molar-refractivity contribution in [2.45, 2.75) is 40.8 Å². The van der Waals surface area contributed by atoms with Crippen LogP contribution in [0.25, 0.3) is 66.8 Å². The molecule has 2 aliphatic heterocycles. The predicted molar refractivity (Wildman–Crippen MR) is 284 cm³/mol. The molecule has 16 nitrogen and oxygen atoms in total. The van der Waals surface area contributed by atoms with Crippen molar-refractivity contribution in [3.05, 3.63) is 179 Å². The maximum Gasteiger partial charge on any atom is 0.337 e. The van der Waals surface area contributed by atoms with Crippen molar-refractivity contribution in [3.8, 4) is 50.7 Å². The van der Waals surface area contributed by atoms with E-state index >= 15 is 0 Å². The average molecular weight is 1050 g/mol. The van der Waals surface area contributed by atoms with Crippen LogP contribution in [-0.2, 0) is 13.1 Å². The highest BCUT2D eigenvalue weighted by Gasteiger charge is 2.31. The van der Waals surface area contributed by atoms with Crippen LogP contribution in [0.2, 0.25) is 10.0 Å². The second kappa shape index (κ2) is 20.5. The monoisotopic (exact) mass is 1050 g/mol. The smallest absolute Gasteiger partial charge is 0.337 e. The number of phenols is 1. The molecule has 75 heavy (non-hydrogen) atoms. The van der Waals surface area contributed by atoms with Gasteiger partial charge >= 0.3 is 17.9 Å². The van der Waals surface area contributed by atoms with Gasteiger partial charge in [0.25, 0.3) is 11.8 Å². The topological polar surface area (TPSA) is 258 Å². The predicted octanol–water partition coefficient (Wildman–Crippen LogP) is 11.0. The third-order valence-corrected chi connectivity index (χ3v) is 13.5. The Morgan fingerprint density at radius 1 is 0.627 bits per heavy atom. The minimum absolute atomic E-state index is 0.0159. The summed E-state index contributed by atoms with van der Waals surface area (Å²) >= 11 is 14.0. The van der Waals surface area contributed by atoms with E-state index < -0.39 is 35.2 Å². The summed E-state index contributed by atoms with van der Waals surface area (Å²) < 4.78 is 12.6. The highest BCUT2D eigenvalue weighted by molar-refractivity contribution is 6.41. The molecule has 4 aliphatic rings. The van der Waals surface area contributed by atoms with Gasteiger partial charge in [-0.3, -0.25) is 19.4 Å². The highest BCUT2D eigenvalue weighted by Crippen LogP contribution is 2.48. The number of nitrogens with one attached hydrogen (secondary N) is 3. The van der Waals surface area contributed by atoms with Gasteiger partial charge in [-0.2, -0.15) is 0 Å². The average Bonchev–Trinajstić information content (AvgIpc) is 3.37. The van der Waals surface area contributed by atoms with Crippen LogP contribution in [-0.4, -0.2) is 63.2 Å². The molecule has 5 aromatic rings. The van der Waals surface area contributed by atoms with Crippen LogP contribution in [0.5, 0.6) is 5.75 Å². The Bertz CT molecular complexity index is 3960. The van der Waals surface area contributed by atoms with Crippen molar-refractivity contribution < 1.29 is 53.2 Å². The van der Waals surface area contributed by atoms with Gasteiger partial charge in [-0.15, -0.1) is 0 Å². The van der Waals surface area contributed by atoms with E-state index in [1.807, 2.05) is 45.9 Å². The molecular formula is C57H44Cl2N4O12. The van der Waals surface area contributed by atoms with E-state index in [9.17, 15) is 49.2 Å². The fourth-order valence-corrected chi connectivity index (χ4v) is 9.86. The lowest BCUT2D eigenvalue weighted by Gasteiger charge is -2.21. The molecule has 0 bridgehead atoms. The third kappa shape index (κ3) is 9.60. The number of halogens is 2. The first-order chi connectivity index (χ1) is 35.9. The molecule has 0 atom stereocenters. The number of aromatic carboxylic acids is 3. The highest BCUT2D eigenvalue weighted by atomic mass is 35.5. The number of fused-ring (bicyclic) bond motifs is 4. The number of nitrogens with zero attached hydrogens (tertiary/aromatic N) is 1. The first-order valence-electron chi connectivity index (χ1n) is 23.4. The minimum Gasteiger partial charge on any atom is -0.508 e. The van der Waals surface area contributed by atoms with E-state index in [4.69, 9.17) is 32.0 Å². The van der Waals surface area contributed by atoms with Gasteiger partial charge in [0.2, 0.25) is 0 Å². The molecule has 0 saturated carbocycles. The van der Waals surface area contributed by atoms with E-state index in [0.717, 1.165) is 22.9 Å². The van der Waals surface area contributed by atoms with Crippen LogP contribution in [0, 0.1) is 13.8 Å². The fourth-order valence-electron chi connectivity index (χ4n) is 9.25. The van der Waals surface area contributed by atoms with E-state index in [0.29, 0.717) is 57.3 Å². The number of carbonyl (C=O) groups excluding carboxylic acids is 2. The Morgan fingerprint density at radius 2 is 1.35 bits per heavy atom. The van der Waals surface area contributed by atoms with Crippen LogP contribution in [0.4, 0.5) is 5.69 Å². The number of aryl methyl sites for hydroxylation is 2. The van der Waals surface area contributed by atoms with Crippen molar-refractivity contribution in [2.24, 2.45) is 4.99 Å². The summed E-state index contributed by atoms with van der Waals surface area (Å²) in [5.74, 6) is -5.20. The number of carboxylic acids is 3. The molecule has 9 rings (SSSR count). The van der Waals surface area contributed by atoms with Crippen LogP contribution in [0.1, 0.15) is 87.9 Å². The number of carbonyl (C=O) groups is 5. The lowest BCUT2D eigenvalue weighted by atomic mass is 9.88. The van der Waals surface area contributed by atoms with Crippen molar-refractivity contribution in [3.63, 3.8) is 0 Å². The van der Waals surface area contributed by atoms with Gasteiger partial charge < -0.3 is 45.2 Å².